The van der Waals surface area contributed by atoms with Crippen molar-refractivity contribution >= 4 is 11.0 Å². The van der Waals surface area contributed by atoms with E-state index in [4.69, 9.17) is 0 Å². The van der Waals surface area contributed by atoms with E-state index >= 15 is 0 Å². The van der Waals surface area contributed by atoms with E-state index in [0.717, 1.165) is 22.2 Å². The Balaban J connectivity index is 2.84. The highest BCUT2D eigenvalue weighted by molar-refractivity contribution is 5.88. The van der Waals surface area contributed by atoms with Gasteiger partial charge in [0.05, 0.1) is 5.39 Å². The molecule has 0 radical (unpaired) electrons. The number of aromatic amines is 1. The molecular weight excluding hydrogens is 188 g/mol. The van der Waals surface area contributed by atoms with Crippen molar-refractivity contribution in [3.8, 4) is 5.75 Å². The summed E-state index contributed by atoms with van der Waals surface area (Å²) in [4.78, 5) is 7.35. The lowest BCUT2D eigenvalue weighted by Gasteiger charge is -2.17. The smallest absolute Gasteiger partial charge is 0.141 e. The summed E-state index contributed by atoms with van der Waals surface area (Å²) in [7, 11) is 0. The minimum Gasteiger partial charge on any atom is -0.507 e. The van der Waals surface area contributed by atoms with E-state index in [-0.39, 0.29) is 5.41 Å². The predicted octanol–water partition coefficient (Wildman–Crippen LogP) is 2.87. The van der Waals surface area contributed by atoms with Gasteiger partial charge in [0.15, 0.2) is 0 Å². The van der Waals surface area contributed by atoms with Crippen molar-refractivity contribution in [3.05, 3.63) is 23.5 Å². The lowest BCUT2D eigenvalue weighted by Crippen LogP contribution is -2.10. The normalized spacial score (nSPS) is 12.3. The molecule has 0 saturated heterocycles. The second-order valence-electron chi connectivity index (χ2n) is 4.97. The van der Waals surface area contributed by atoms with E-state index in [1.165, 1.54) is 0 Å². The molecular formula is C12H16N2O. The Morgan fingerprint density at radius 3 is 2.60 bits per heavy atom. The van der Waals surface area contributed by atoms with Gasteiger partial charge < -0.3 is 10.1 Å². The van der Waals surface area contributed by atoms with Gasteiger partial charge in [0, 0.05) is 18.0 Å². The van der Waals surface area contributed by atoms with Gasteiger partial charge >= 0.3 is 0 Å². The molecule has 2 N–H and O–H groups in total. The third-order valence-corrected chi connectivity index (χ3v) is 2.67. The van der Waals surface area contributed by atoms with Gasteiger partial charge in [0.25, 0.3) is 0 Å². The topological polar surface area (TPSA) is 48.9 Å². The van der Waals surface area contributed by atoms with Crippen LogP contribution in [-0.2, 0) is 5.41 Å². The maximum atomic E-state index is 10.0. The summed E-state index contributed by atoms with van der Waals surface area (Å²) < 4.78 is 0. The summed E-state index contributed by atoms with van der Waals surface area (Å²) in [6.45, 7) is 8.23. The number of hydrogen-bond acceptors (Lipinski definition) is 2. The standard InChI is InChI=1S/C12H16N2O/c1-7-5-13-11-9(10(7)15)8(6-14-11)12(2,3)4/h5-6H,1-4H3,(H2,13,14,15). The number of aryl methyl sites for hydroxylation is 1. The van der Waals surface area contributed by atoms with Gasteiger partial charge in [-0.2, -0.15) is 0 Å². The van der Waals surface area contributed by atoms with Gasteiger partial charge in [0.2, 0.25) is 0 Å². The van der Waals surface area contributed by atoms with Crippen LogP contribution in [0.15, 0.2) is 12.4 Å². The molecule has 0 spiro atoms. The van der Waals surface area contributed by atoms with Crippen molar-refractivity contribution in [3.63, 3.8) is 0 Å². The minimum atomic E-state index is 0.00516. The zero-order valence-electron chi connectivity index (χ0n) is 9.55. The molecule has 3 heteroatoms. The largest absolute Gasteiger partial charge is 0.507 e. The van der Waals surface area contributed by atoms with Gasteiger partial charge in [0.1, 0.15) is 11.4 Å². The number of aromatic nitrogens is 2. The molecule has 0 aliphatic heterocycles. The SMILES string of the molecule is Cc1cnc2[nH]cc(C(C)(C)C)c2c1O. The number of rotatable bonds is 0. The molecule has 3 nitrogen and oxygen atoms in total. The zero-order chi connectivity index (χ0) is 11.2. The minimum absolute atomic E-state index is 0.00516. The molecule has 0 atom stereocenters. The summed E-state index contributed by atoms with van der Waals surface area (Å²) in [5.41, 5.74) is 2.67. The van der Waals surface area contributed by atoms with Gasteiger partial charge in [-0.15, -0.1) is 0 Å². The molecule has 15 heavy (non-hydrogen) atoms. The Morgan fingerprint density at radius 2 is 2.00 bits per heavy atom. The fraction of sp³-hybridized carbons (Fsp3) is 0.417. The molecule has 80 valence electrons. The summed E-state index contributed by atoms with van der Waals surface area (Å²) in [6.07, 6.45) is 3.61. The lowest BCUT2D eigenvalue weighted by molar-refractivity contribution is 0.475. The fourth-order valence-corrected chi connectivity index (χ4v) is 1.77. The number of aromatic hydroxyl groups is 1. The van der Waals surface area contributed by atoms with Gasteiger partial charge in [-0.1, -0.05) is 20.8 Å². The van der Waals surface area contributed by atoms with Crippen LogP contribution in [0, 0.1) is 6.92 Å². The summed E-state index contributed by atoms with van der Waals surface area (Å²) in [5.74, 6) is 0.339. The predicted molar refractivity (Wildman–Crippen MR) is 61.2 cm³/mol. The van der Waals surface area contributed by atoms with E-state index in [0.29, 0.717) is 5.75 Å². The molecule has 0 fully saturated rings. The average molecular weight is 204 g/mol. The van der Waals surface area contributed by atoms with Crippen molar-refractivity contribution in [2.75, 3.05) is 0 Å². The van der Waals surface area contributed by atoms with E-state index in [1.54, 1.807) is 6.20 Å². The fourth-order valence-electron chi connectivity index (χ4n) is 1.77. The van der Waals surface area contributed by atoms with Crippen LogP contribution in [0.1, 0.15) is 31.9 Å². The molecule has 2 aromatic heterocycles. The Hall–Kier alpha value is -1.51. The molecule has 0 amide bonds. The molecule has 0 aromatic carbocycles. The quantitative estimate of drug-likeness (QED) is 0.693. The van der Waals surface area contributed by atoms with Crippen LogP contribution in [-0.4, -0.2) is 15.1 Å². The zero-order valence-corrected chi connectivity index (χ0v) is 9.55. The molecule has 0 saturated carbocycles. The second kappa shape index (κ2) is 2.99. The highest BCUT2D eigenvalue weighted by Crippen LogP contribution is 2.35. The van der Waals surface area contributed by atoms with Crippen LogP contribution in [0.25, 0.3) is 11.0 Å². The molecule has 0 bridgehead atoms. The molecule has 2 heterocycles. The lowest BCUT2D eigenvalue weighted by atomic mass is 9.87. The molecule has 0 aliphatic rings. The molecule has 2 aromatic rings. The van der Waals surface area contributed by atoms with Gasteiger partial charge in [-0.25, -0.2) is 4.98 Å². The second-order valence-corrected chi connectivity index (χ2v) is 4.97. The van der Waals surface area contributed by atoms with Crippen LogP contribution in [0.4, 0.5) is 0 Å². The Labute approximate surface area is 89.2 Å². The van der Waals surface area contributed by atoms with E-state index < -0.39 is 0 Å². The maximum Gasteiger partial charge on any atom is 0.141 e. The van der Waals surface area contributed by atoms with Gasteiger partial charge in [-0.3, -0.25) is 0 Å². The third-order valence-electron chi connectivity index (χ3n) is 2.67. The van der Waals surface area contributed by atoms with Crippen molar-refractivity contribution in [1.29, 1.82) is 0 Å². The number of nitrogens with zero attached hydrogens (tertiary/aromatic N) is 1. The molecule has 2 rings (SSSR count). The first-order valence-corrected chi connectivity index (χ1v) is 5.07. The number of H-pyrrole nitrogens is 1. The number of nitrogens with one attached hydrogen (secondary N) is 1. The van der Waals surface area contributed by atoms with Crippen LogP contribution in [0.2, 0.25) is 0 Å². The van der Waals surface area contributed by atoms with E-state index in [2.05, 4.69) is 30.7 Å². The average Bonchev–Trinajstić information content (AvgIpc) is 2.54. The first kappa shape index (κ1) is 10.0. The van der Waals surface area contributed by atoms with Crippen LogP contribution >= 0.6 is 0 Å². The molecule has 0 unspecified atom stereocenters. The van der Waals surface area contributed by atoms with Crippen molar-refractivity contribution in [1.82, 2.24) is 9.97 Å². The van der Waals surface area contributed by atoms with Crippen LogP contribution in [0.3, 0.4) is 0 Å². The van der Waals surface area contributed by atoms with Crippen molar-refractivity contribution in [2.24, 2.45) is 0 Å². The first-order chi connectivity index (χ1) is 6.91. The van der Waals surface area contributed by atoms with Gasteiger partial charge in [-0.05, 0) is 17.9 Å². The highest BCUT2D eigenvalue weighted by Gasteiger charge is 2.21. The number of fused-ring (bicyclic) bond motifs is 1. The highest BCUT2D eigenvalue weighted by atomic mass is 16.3. The Bertz CT molecular complexity index is 506. The summed E-state index contributed by atoms with van der Waals surface area (Å²) in [5, 5.41) is 10.9. The third kappa shape index (κ3) is 1.48. The first-order valence-electron chi connectivity index (χ1n) is 5.07. The number of hydrogen-bond donors (Lipinski definition) is 2. The van der Waals surface area contributed by atoms with E-state index in [1.807, 2.05) is 13.1 Å². The summed E-state index contributed by atoms with van der Waals surface area (Å²) in [6, 6.07) is 0. The monoisotopic (exact) mass is 204 g/mol. The number of pyridine rings is 1. The van der Waals surface area contributed by atoms with Crippen LogP contribution in [0.5, 0.6) is 5.75 Å². The van der Waals surface area contributed by atoms with E-state index in [9.17, 15) is 5.11 Å². The molecule has 0 aliphatic carbocycles. The Morgan fingerprint density at radius 1 is 1.33 bits per heavy atom. The van der Waals surface area contributed by atoms with Crippen LogP contribution < -0.4 is 0 Å². The Kier molecular flexibility index (Phi) is 2.00. The summed E-state index contributed by atoms with van der Waals surface area (Å²) >= 11 is 0. The maximum absolute atomic E-state index is 10.0. The van der Waals surface area contributed by atoms with Crippen molar-refractivity contribution < 1.29 is 5.11 Å². The van der Waals surface area contributed by atoms with Crippen molar-refractivity contribution in [2.45, 2.75) is 33.1 Å².